The molecule has 0 aliphatic carbocycles. The molecule has 0 saturated carbocycles. The van der Waals surface area contributed by atoms with E-state index >= 15 is 0 Å². The van der Waals surface area contributed by atoms with Gasteiger partial charge in [0.25, 0.3) is 0 Å². The lowest BCUT2D eigenvalue weighted by Gasteiger charge is -2.24. The molecule has 188 valence electrons. The fourth-order valence-corrected chi connectivity index (χ4v) is 4.60. The second-order valence-electron chi connectivity index (χ2n) is 10.2. The van der Waals surface area contributed by atoms with Crippen LogP contribution in [0.25, 0.3) is 0 Å². The number of aliphatic hydroxyl groups is 2. The molecule has 3 nitrogen and oxygen atoms in total. The van der Waals surface area contributed by atoms with E-state index in [1.807, 2.05) is 13.8 Å². The number of unbranched alkanes of at least 4 members (excludes halogenated alkanes) is 19. The highest BCUT2D eigenvalue weighted by Crippen LogP contribution is 2.15. The van der Waals surface area contributed by atoms with Crippen molar-refractivity contribution in [3.8, 4) is 0 Å². The van der Waals surface area contributed by atoms with Gasteiger partial charge >= 0.3 is 0 Å². The predicted octanol–water partition coefficient (Wildman–Crippen LogP) is 7.87. The molecule has 0 saturated heterocycles. The fourth-order valence-electron chi connectivity index (χ4n) is 4.60. The average Bonchev–Trinajstić information content (AvgIpc) is 2.71. The van der Waals surface area contributed by atoms with Crippen molar-refractivity contribution < 1.29 is 10.2 Å². The summed E-state index contributed by atoms with van der Waals surface area (Å²) in [6.45, 7) is 8.28. The minimum atomic E-state index is -0.316. The highest BCUT2D eigenvalue weighted by molar-refractivity contribution is 4.64. The van der Waals surface area contributed by atoms with Gasteiger partial charge in [0.2, 0.25) is 0 Å². The van der Waals surface area contributed by atoms with Crippen molar-refractivity contribution in [3.63, 3.8) is 0 Å². The van der Waals surface area contributed by atoms with Gasteiger partial charge in [-0.2, -0.15) is 0 Å². The molecule has 0 aromatic rings. The van der Waals surface area contributed by atoms with E-state index in [2.05, 4.69) is 11.8 Å². The van der Waals surface area contributed by atoms with Crippen LogP contribution in [0, 0.1) is 0 Å². The number of hydrogen-bond acceptors (Lipinski definition) is 3. The number of aliphatic hydroxyl groups excluding tert-OH is 2. The van der Waals surface area contributed by atoms with Crippen molar-refractivity contribution in [2.45, 2.75) is 161 Å². The van der Waals surface area contributed by atoms with Crippen LogP contribution in [0.4, 0.5) is 0 Å². The van der Waals surface area contributed by atoms with Gasteiger partial charge in [0.05, 0.1) is 12.2 Å². The lowest BCUT2D eigenvalue weighted by molar-refractivity contribution is 0.0825. The standard InChI is InChI=1S/C28H59NO2/c1-4-5-6-7-8-9-10-11-12-13-14-15-16-17-18-19-20-21-22-23-24-29(25-27(2)30)26-28(3)31/h27-28,30-31H,4-26H2,1-3H3. The summed E-state index contributed by atoms with van der Waals surface area (Å²) in [5.41, 5.74) is 0. The fraction of sp³-hybridized carbons (Fsp3) is 1.00. The molecule has 0 heterocycles. The molecule has 0 radical (unpaired) electrons. The first kappa shape index (κ1) is 30.9. The topological polar surface area (TPSA) is 43.7 Å². The Kier molecular flexibility index (Phi) is 24.4. The second kappa shape index (κ2) is 24.5. The molecule has 0 fully saturated rings. The van der Waals surface area contributed by atoms with Gasteiger partial charge in [-0.3, -0.25) is 4.90 Å². The predicted molar refractivity (Wildman–Crippen MR) is 138 cm³/mol. The van der Waals surface area contributed by atoms with Gasteiger partial charge in [-0.25, -0.2) is 0 Å². The van der Waals surface area contributed by atoms with Crippen LogP contribution in [0.1, 0.15) is 149 Å². The quantitative estimate of drug-likeness (QED) is 0.142. The summed E-state index contributed by atoms with van der Waals surface area (Å²) in [5.74, 6) is 0. The Morgan fingerprint density at radius 3 is 0.968 bits per heavy atom. The Hall–Kier alpha value is -0.120. The zero-order valence-corrected chi connectivity index (χ0v) is 21.8. The van der Waals surface area contributed by atoms with Crippen LogP contribution < -0.4 is 0 Å². The maximum atomic E-state index is 9.58. The zero-order chi connectivity index (χ0) is 23.0. The summed E-state index contributed by atoms with van der Waals surface area (Å²) in [4.78, 5) is 2.20. The van der Waals surface area contributed by atoms with E-state index in [9.17, 15) is 10.2 Å². The van der Waals surface area contributed by atoms with Crippen molar-refractivity contribution in [1.82, 2.24) is 4.90 Å². The summed E-state index contributed by atoms with van der Waals surface area (Å²) in [6.07, 6.45) is 27.5. The van der Waals surface area contributed by atoms with E-state index < -0.39 is 0 Å². The van der Waals surface area contributed by atoms with Crippen molar-refractivity contribution in [1.29, 1.82) is 0 Å². The molecule has 0 aromatic heterocycles. The second-order valence-corrected chi connectivity index (χ2v) is 10.2. The maximum absolute atomic E-state index is 9.58. The number of rotatable bonds is 25. The molecule has 0 aliphatic heterocycles. The average molecular weight is 442 g/mol. The maximum Gasteiger partial charge on any atom is 0.0639 e. The Balaban J connectivity index is 3.24. The number of nitrogens with zero attached hydrogens (tertiary/aromatic N) is 1. The van der Waals surface area contributed by atoms with E-state index in [-0.39, 0.29) is 12.2 Å². The molecular formula is C28H59NO2. The lowest BCUT2D eigenvalue weighted by atomic mass is 10.0. The molecule has 0 aliphatic rings. The Bertz CT molecular complexity index is 323. The monoisotopic (exact) mass is 441 g/mol. The summed E-state index contributed by atoms with van der Waals surface area (Å²) in [6, 6.07) is 0. The van der Waals surface area contributed by atoms with E-state index in [1.165, 1.54) is 128 Å². The van der Waals surface area contributed by atoms with Crippen LogP contribution in [-0.4, -0.2) is 47.0 Å². The molecule has 3 heteroatoms. The Morgan fingerprint density at radius 1 is 0.452 bits per heavy atom. The van der Waals surface area contributed by atoms with Gasteiger partial charge in [-0.05, 0) is 26.8 Å². The van der Waals surface area contributed by atoms with Gasteiger partial charge in [-0.1, -0.05) is 129 Å². The van der Waals surface area contributed by atoms with Crippen LogP contribution in [0.3, 0.4) is 0 Å². The van der Waals surface area contributed by atoms with Gasteiger partial charge in [0, 0.05) is 13.1 Å². The van der Waals surface area contributed by atoms with Gasteiger partial charge < -0.3 is 10.2 Å². The van der Waals surface area contributed by atoms with Crippen LogP contribution in [0.15, 0.2) is 0 Å². The first-order valence-corrected chi connectivity index (χ1v) is 14.1. The van der Waals surface area contributed by atoms with E-state index in [0.29, 0.717) is 13.1 Å². The molecule has 2 atom stereocenters. The molecule has 31 heavy (non-hydrogen) atoms. The molecule has 2 unspecified atom stereocenters. The van der Waals surface area contributed by atoms with E-state index in [1.54, 1.807) is 0 Å². The minimum absolute atomic E-state index is 0.316. The van der Waals surface area contributed by atoms with Crippen LogP contribution in [-0.2, 0) is 0 Å². The molecule has 0 aromatic carbocycles. The molecule has 0 rings (SSSR count). The SMILES string of the molecule is CCCCCCCCCCCCCCCCCCCCCCN(CC(C)O)CC(C)O. The molecule has 0 bridgehead atoms. The highest BCUT2D eigenvalue weighted by atomic mass is 16.3. The minimum Gasteiger partial charge on any atom is -0.392 e. The van der Waals surface area contributed by atoms with Crippen LogP contribution >= 0.6 is 0 Å². The smallest absolute Gasteiger partial charge is 0.0639 e. The van der Waals surface area contributed by atoms with E-state index in [4.69, 9.17) is 0 Å². The highest BCUT2D eigenvalue weighted by Gasteiger charge is 2.10. The van der Waals surface area contributed by atoms with E-state index in [0.717, 1.165) is 6.54 Å². The first-order chi connectivity index (χ1) is 15.1. The van der Waals surface area contributed by atoms with Crippen LogP contribution in [0.5, 0.6) is 0 Å². The van der Waals surface area contributed by atoms with Crippen molar-refractivity contribution in [3.05, 3.63) is 0 Å². The largest absolute Gasteiger partial charge is 0.392 e. The Morgan fingerprint density at radius 2 is 0.710 bits per heavy atom. The molecule has 0 spiro atoms. The Labute approximate surface area is 196 Å². The summed E-state index contributed by atoms with van der Waals surface area (Å²) >= 11 is 0. The zero-order valence-electron chi connectivity index (χ0n) is 21.8. The molecular weight excluding hydrogens is 382 g/mol. The lowest BCUT2D eigenvalue weighted by Crippen LogP contribution is -2.36. The summed E-state index contributed by atoms with van der Waals surface area (Å²) in [5, 5.41) is 19.2. The first-order valence-electron chi connectivity index (χ1n) is 14.1. The normalized spacial score (nSPS) is 13.7. The van der Waals surface area contributed by atoms with Gasteiger partial charge in [0.15, 0.2) is 0 Å². The van der Waals surface area contributed by atoms with Crippen molar-refractivity contribution in [2.24, 2.45) is 0 Å². The van der Waals surface area contributed by atoms with Gasteiger partial charge in [0.1, 0.15) is 0 Å². The molecule has 0 amide bonds. The molecule has 2 N–H and O–H groups in total. The number of hydrogen-bond donors (Lipinski definition) is 2. The third-order valence-electron chi connectivity index (χ3n) is 6.37. The third-order valence-corrected chi connectivity index (χ3v) is 6.37. The third kappa shape index (κ3) is 26.0. The summed E-state index contributed by atoms with van der Waals surface area (Å²) in [7, 11) is 0. The summed E-state index contributed by atoms with van der Waals surface area (Å²) < 4.78 is 0. The van der Waals surface area contributed by atoms with Crippen molar-refractivity contribution >= 4 is 0 Å². The van der Waals surface area contributed by atoms with Crippen LogP contribution in [0.2, 0.25) is 0 Å². The van der Waals surface area contributed by atoms with Crippen molar-refractivity contribution in [2.75, 3.05) is 19.6 Å². The van der Waals surface area contributed by atoms with Gasteiger partial charge in [-0.15, -0.1) is 0 Å².